The number of anilines is 1. The summed E-state index contributed by atoms with van der Waals surface area (Å²) in [6, 6.07) is 13.4. The van der Waals surface area contributed by atoms with Gasteiger partial charge in [0.15, 0.2) is 0 Å². The Morgan fingerprint density at radius 1 is 0.938 bits per heavy atom. The van der Waals surface area contributed by atoms with Crippen LogP contribution in [0.1, 0.15) is 0 Å². The Kier molecular flexibility index (Phi) is 1.98. The van der Waals surface area contributed by atoms with Crippen molar-refractivity contribution >= 4 is 39.1 Å². The molecule has 0 amide bonds. The quantitative estimate of drug-likeness (QED) is 0.597. The SMILES string of the molecule is Nc1c2ccccc2nc2cccc(Cl)c12. The van der Waals surface area contributed by atoms with Crippen molar-refractivity contribution in [3.63, 3.8) is 0 Å². The van der Waals surface area contributed by atoms with Crippen molar-refractivity contribution in [2.45, 2.75) is 0 Å². The molecular formula is C13H9ClN2. The van der Waals surface area contributed by atoms with Gasteiger partial charge in [-0.25, -0.2) is 4.98 Å². The van der Waals surface area contributed by atoms with E-state index in [1.165, 1.54) is 0 Å². The van der Waals surface area contributed by atoms with E-state index in [9.17, 15) is 0 Å². The lowest BCUT2D eigenvalue weighted by Gasteiger charge is -2.07. The Labute approximate surface area is 97.7 Å². The topological polar surface area (TPSA) is 38.9 Å². The molecule has 0 unspecified atom stereocenters. The van der Waals surface area contributed by atoms with Crippen molar-refractivity contribution in [2.75, 3.05) is 5.73 Å². The number of rotatable bonds is 0. The molecular weight excluding hydrogens is 220 g/mol. The van der Waals surface area contributed by atoms with Gasteiger partial charge in [0.05, 0.1) is 21.7 Å². The molecule has 0 saturated heterocycles. The number of hydrogen-bond donors (Lipinski definition) is 1. The molecule has 0 radical (unpaired) electrons. The van der Waals surface area contributed by atoms with E-state index in [4.69, 9.17) is 17.3 Å². The number of nitrogens with two attached hydrogens (primary N) is 1. The van der Waals surface area contributed by atoms with E-state index in [1.54, 1.807) is 0 Å². The van der Waals surface area contributed by atoms with Crippen molar-refractivity contribution in [1.82, 2.24) is 4.98 Å². The van der Waals surface area contributed by atoms with Gasteiger partial charge >= 0.3 is 0 Å². The highest BCUT2D eigenvalue weighted by Crippen LogP contribution is 2.32. The van der Waals surface area contributed by atoms with Gasteiger partial charge in [0.25, 0.3) is 0 Å². The number of hydrogen-bond acceptors (Lipinski definition) is 2. The molecule has 16 heavy (non-hydrogen) atoms. The molecule has 2 aromatic carbocycles. The molecule has 0 aliphatic heterocycles. The lowest BCUT2D eigenvalue weighted by atomic mass is 10.1. The highest BCUT2D eigenvalue weighted by atomic mass is 35.5. The third-order valence-corrected chi connectivity index (χ3v) is 3.01. The molecule has 0 bridgehead atoms. The van der Waals surface area contributed by atoms with Gasteiger partial charge in [-0.15, -0.1) is 0 Å². The lowest BCUT2D eigenvalue weighted by molar-refractivity contribution is 1.50. The van der Waals surface area contributed by atoms with Crippen molar-refractivity contribution in [1.29, 1.82) is 0 Å². The maximum atomic E-state index is 6.14. The highest BCUT2D eigenvalue weighted by molar-refractivity contribution is 6.37. The number of nitrogen functional groups attached to an aromatic ring is 1. The first-order valence-corrected chi connectivity index (χ1v) is 5.37. The summed E-state index contributed by atoms with van der Waals surface area (Å²) in [6.07, 6.45) is 0. The summed E-state index contributed by atoms with van der Waals surface area (Å²) < 4.78 is 0. The van der Waals surface area contributed by atoms with Crippen LogP contribution in [0.2, 0.25) is 5.02 Å². The zero-order chi connectivity index (χ0) is 11.1. The highest BCUT2D eigenvalue weighted by Gasteiger charge is 2.08. The van der Waals surface area contributed by atoms with Crippen molar-refractivity contribution in [2.24, 2.45) is 0 Å². The minimum atomic E-state index is 0.647. The average molecular weight is 229 g/mol. The Balaban J connectivity index is 2.62. The molecule has 0 fully saturated rings. The maximum absolute atomic E-state index is 6.14. The van der Waals surface area contributed by atoms with Crippen molar-refractivity contribution in [3.05, 3.63) is 47.5 Å². The Hall–Kier alpha value is -1.80. The monoisotopic (exact) mass is 228 g/mol. The van der Waals surface area contributed by atoms with Gasteiger partial charge in [0.1, 0.15) is 0 Å². The molecule has 0 atom stereocenters. The van der Waals surface area contributed by atoms with E-state index in [0.29, 0.717) is 10.7 Å². The predicted molar refractivity (Wildman–Crippen MR) is 68.7 cm³/mol. The van der Waals surface area contributed by atoms with Crippen molar-refractivity contribution in [3.8, 4) is 0 Å². The Bertz CT molecular complexity index is 692. The minimum Gasteiger partial charge on any atom is -0.398 e. The largest absolute Gasteiger partial charge is 0.398 e. The number of nitrogens with zero attached hydrogens (tertiary/aromatic N) is 1. The third kappa shape index (κ3) is 1.24. The smallest absolute Gasteiger partial charge is 0.0745 e. The fraction of sp³-hybridized carbons (Fsp3) is 0. The van der Waals surface area contributed by atoms with Gasteiger partial charge in [-0.3, -0.25) is 0 Å². The van der Waals surface area contributed by atoms with E-state index in [0.717, 1.165) is 21.8 Å². The van der Waals surface area contributed by atoms with Gasteiger partial charge < -0.3 is 5.73 Å². The van der Waals surface area contributed by atoms with Crippen LogP contribution >= 0.6 is 11.6 Å². The average Bonchev–Trinajstić information content (AvgIpc) is 2.29. The van der Waals surface area contributed by atoms with Gasteiger partial charge in [-0.1, -0.05) is 35.9 Å². The molecule has 3 heteroatoms. The Morgan fingerprint density at radius 2 is 1.69 bits per heavy atom. The zero-order valence-electron chi connectivity index (χ0n) is 8.44. The summed E-state index contributed by atoms with van der Waals surface area (Å²) in [4.78, 5) is 4.53. The fourth-order valence-corrected chi connectivity index (χ4v) is 2.21. The zero-order valence-corrected chi connectivity index (χ0v) is 9.20. The maximum Gasteiger partial charge on any atom is 0.0745 e. The van der Waals surface area contributed by atoms with E-state index >= 15 is 0 Å². The molecule has 2 N–H and O–H groups in total. The van der Waals surface area contributed by atoms with Crippen LogP contribution in [0.15, 0.2) is 42.5 Å². The lowest BCUT2D eigenvalue weighted by Crippen LogP contribution is -1.92. The molecule has 1 aromatic heterocycles. The van der Waals surface area contributed by atoms with Gasteiger partial charge in [-0.2, -0.15) is 0 Å². The van der Waals surface area contributed by atoms with Crippen LogP contribution in [0, 0.1) is 0 Å². The number of para-hydroxylation sites is 1. The first-order chi connectivity index (χ1) is 7.77. The second-order valence-electron chi connectivity index (χ2n) is 3.68. The minimum absolute atomic E-state index is 0.647. The van der Waals surface area contributed by atoms with Crippen LogP contribution < -0.4 is 5.73 Å². The summed E-state index contributed by atoms with van der Waals surface area (Å²) in [5.74, 6) is 0. The van der Waals surface area contributed by atoms with E-state index in [2.05, 4.69) is 4.98 Å². The fourth-order valence-electron chi connectivity index (χ4n) is 1.94. The molecule has 0 saturated carbocycles. The standard InChI is InChI=1S/C13H9ClN2/c14-9-5-3-7-11-12(9)13(15)8-4-1-2-6-10(8)16-11/h1-7H,(H2,15,16). The van der Waals surface area contributed by atoms with Crippen LogP contribution in [-0.4, -0.2) is 4.98 Å². The predicted octanol–water partition coefficient (Wildman–Crippen LogP) is 3.62. The molecule has 3 aromatic rings. The summed E-state index contributed by atoms with van der Waals surface area (Å²) in [5, 5.41) is 2.43. The number of benzene rings is 2. The summed E-state index contributed by atoms with van der Waals surface area (Å²) in [6.45, 7) is 0. The molecule has 2 nitrogen and oxygen atoms in total. The van der Waals surface area contributed by atoms with Crippen molar-refractivity contribution < 1.29 is 0 Å². The van der Waals surface area contributed by atoms with Gasteiger partial charge in [0, 0.05) is 10.8 Å². The molecule has 0 aliphatic carbocycles. The van der Waals surface area contributed by atoms with Crippen LogP contribution in [0.25, 0.3) is 21.8 Å². The normalized spacial score (nSPS) is 11.1. The van der Waals surface area contributed by atoms with Gasteiger partial charge in [0.2, 0.25) is 0 Å². The molecule has 3 rings (SSSR count). The summed E-state index contributed by atoms with van der Waals surface area (Å²) >= 11 is 6.14. The van der Waals surface area contributed by atoms with E-state index in [1.807, 2.05) is 42.5 Å². The summed E-state index contributed by atoms with van der Waals surface area (Å²) in [7, 11) is 0. The van der Waals surface area contributed by atoms with Crippen LogP contribution in [0.3, 0.4) is 0 Å². The summed E-state index contributed by atoms with van der Waals surface area (Å²) in [5.41, 5.74) is 8.57. The van der Waals surface area contributed by atoms with Crippen LogP contribution in [-0.2, 0) is 0 Å². The Morgan fingerprint density at radius 3 is 2.56 bits per heavy atom. The molecule has 0 spiro atoms. The molecule has 78 valence electrons. The van der Waals surface area contributed by atoms with E-state index < -0.39 is 0 Å². The van der Waals surface area contributed by atoms with Crippen LogP contribution in [0.5, 0.6) is 0 Å². The molecule has 1 heterocycles. The third-order valence-electron chi connectivity index (χ3n) is 2.70. The number of pyridine rings is 1. The number of aromatic nitrogens is 1. The first kappa shape index (κ1) is 9.43. The first-order valence-electron chi connectivity index (χ1n) is 5.00. The second-order valence-corrected chi connectivity index (χ2v) is 4.08. The molecule has 0 aliphatic rings. The second kappa shape index (κ2) is 3.35. The van der Waals surface area contributed by atoms with Crippen LogP contribution in [0.4, 0.5) is 5.69 Å². The van der Waals surface area contributed by atoms with Gasteiger partial charge in [-0.05, 0) is 18.2 Å². The van der Waals surface area contributed by atoms with E-state index in [-0.39, 0.29) is 0 Å². The number of halogens is 1. The number of fused-ring (bicyclic) bond motifs is 2.